The molecule has 2 aromatic rings. The number of methoxy groups -OCH3 is 1. The topological polar surface area (TPSA) is 92.4 Å². The van der Waals surface area contributed by atoms with Crippen LogP contribution in [-0.2, 0) is 22.5 Å². The third-order valence-corrected chi connectivity index (χ3v) is 6.97. The standard InChI is InChI=1S/C27H32N4O5/c1-3-18-4-7-20(8-5-18)25-24(26(32)34-2)21(28-27(33)29-25)16-31-12-10-30(11-13-31)15-19-6-9-22-23(14-19)36-17-35-22/h4-9,14,25H,3,10-13,15-17H2,1-2H3,(H2,28,29,33)/t25-/m0/s1. The number of piperazine rings is 1. The van der Waals surface area contributed by atoms with Crippen LogP contribution in [0.3, 0.4) is 0 Å². The molecule has 190 valence electrons. The van der Waals surface area contributed by atoms with Crippen LogP contribution in [0.5, 0.6) is 11.5 Å². The molecule has 1 fully saturated rings. The number of rotatable bonds is 7. The van der Waals surface area contributed by atoms with E-state index >= 15 is 0 Å². The number of urea groups is 1. The summed E-state index contributed by atoms with van der Waals surface area (Å²) in [5.41, 5.74) is 4.28. The quantitative estimate of drug-likeness (QED) is 0.574. The number of esters is 1. The van der Waals surface area contributed by atoms with Gasteiger partial charge < -0.3 is 24.8 Å². The van der Waals surface area contributed by atoms with E-state index in [1.54, 1.807) is 0 Å². The van der Waals surface area contributed by atoms with E-state index in [2.05, 4.69) is 33.4 Å². The predicted octanol–water partition coefficient (Wildman–Crippen LogP) is 2.58. The number of benzene rings is 2. The Hall–Kier alpha value is -3.56. The van der Waals surface area contributed by atoms with E-state index in [1.807, 2.05) is 36.4 Å². The molecule has 36 heavy (non-hydrogen) atoms. The number of ether oxygens (including phenoxy) is 3. The van der Waals surface area contributed by atoms with Crippen molar-refractivity contribution in [2.75, 3.05) is 46.6 Å². The molecule has 9 nitrogen and oxygen atoms in total. The van der Waals surface area contributed by atoms with E-state index in [1.165, 1.54) is 18.2 Å². The van der Waals surface area contributed by atoms with Crippen molar-refractivity contribution in [2.45, 2.75) is 25.9 Å². The van der Waals surface area contributed by atoms with Gasteiger partial charge in [-0.2, -0.15) is 0 Å². The van der Waals surface area contributed by atoms with Gasteiger partial charge in [0.15, 0.2) is 11.5 Å². The number of nitrogens with zero attached hydrogens (tertiary/aromatic N) is 2. The van der Waals surface area contributed by atoms with Crippen molar-refractivity contribution in [1.82, 2.24) is 20.4 Å². The van der Waals surface area contributed by atoms with Gasteiger partial charge in [0.25, 0.3) is 0 Å². The van der Waals surface area contributed by atoms with Crippen LogP contribution < -0.4 is 20.1 Å². The molecule has 0 bridgehead atoms. The first-order valence-electron chi connectivity index (χ1n) is 12.3. The first kappa shape index (κ1) is 24.1. The predicted molar refractivity (Wildman–Crippen MR) is 134 cm³/mol. The zero-order chi connectivity index (χ0) is 25.1. The lowest BCUT2D eigenvalue weighted by molar-refractivity contribution is -0.136. The third kappa shape index (κ3) is 5.17. The number of hydrogen-bond acceptors (Lipinski definition) is 7. The second-order valence-corrected chi connectivity index (χ2v) is 9.25. The molecule has 2 amide bonds. The molecule has 3 aliphatic heterocycles. The molecule has 0 radical (unpaired) electrons. The number of aryl methyl sites for hydroxylation is 1. The summed E-state index contributed by atoms with van der Waals surface area (Å²) in [6.07, 6.45) is 0.921. The minimum Gasteiger partial charge on any atom is -0.466 e. The summed E-state index contributed by atoms with van der Waals surface area (Å²) in [7, 11) is 1.37. The molecule has 5 rings (SSSR count). The average molecular weight is 493 g/mol. The van der Waals surface area contributed by atoms with Crippen LogP contribution >= 0.6 is 0 Å². The van der Waals surface area contributed by atoms with E-state index in [9.17, 15) is 9.59 Å². The zero-order valence-corrected chi connectivity index (χ0v) is 20.7. The van der Waals surface area contributed by atoms with Crippen molar-refractivity contribution in [3.05, 3.63) is 70.4 Å². The summed E-state index contributed by atoms with van der Waals surface area (Å²) in [5, 5.41) is 5.77. The van der Waals surface area contributed by atoms with Gasteiger partial charge in [0.2, 0.25) is 6.79 Å². The molecule has 0 saturated carbocycles. The van der Waals surface area contributed by atoms with E-state index in [-0.39, 0.29) is 12.8 Å². The molecule has 1 saturated heterocycles. The Labute approximate surface area is 211 Å². The number of amides is 2. The normalized spacial score (nSPS) is 20.2. The third-order valence-electron chi connectivity index (χ3n) is 6.97. The largest absolute Gasteiger partial charge is 0.466 e. The van der Waals surface area contributed by atoms with Crippen molar-refractivity contribution < 1.29 is 23.8 Å². The second kappa shape index (κ2) is 10.6. The number of fused-ring (bicyclic) bond motifs is 1. The maximum Gasteiger partial charge on any atom is 0.338 e. The lowest BCUT2D eigenvalue weighted by Gasteiger charge is -2.37. The summed E-state index contributed by atoms with van der Waals surface area (Å²) in [6, 6.07) is 13.2. The Kier molecular flexibility index (Phi) is 7.11. The molecular formula is C27H32N4O5. The molecule has 1 atom stereocenters. The fraction of sp³-hybridized carbons (Fsp3) is 0.407. The number of carbonyl (C=O) groups excluding carboxylic acids is 2. The van der Waals surface area contributed by atoms with Crippen LogP contribution in [0.15, 0.2) is 53.7 Å². The van der Waals surface area contributed by atoms with Gasteiger partial charge in [-0.15, -0.1) is 0 Å². The van der Waals surface area contributed by atoms with Crippen LogP contribution in [-0.4, -0.2) is 68.4 Å². The van der Waals surface area contributed by atoms with Crippen molar-refractivity contribution in [3.8, 4) is 11.5 Å². The average Bonchev–Trinajstić information content (AvgIpc) is 3.37. The van der Waals surface area contributed by atoms with E-state index < -0.39 is 12.0 Å². The Bertz CT molecular complexity index is 1160. The highest BCUT2D eigenvalue weighted by Crippen LogP contribution is 2.33. The fourth-order valence-electron chi connectivity index (χ4n) is 4.92. The van der Waals surface area contributed by atoms with Crippen LogP contribution in [0, 0.1) is 0 Å². The summed E-state index contributed by atoms with van der Waals surface area (Å²) in [5.74, 6) is 1.15. The maximum absolute atomic E-state index is 12.9. The van der Waals surface area contributed by atoms with Crippen LogP contribution in [0.4, 0.5) is 4.79 Å². The van der Waals surface area contributed by atoms with Gasteiger partial charge in [0, 0.05) is 45.0 Å². The molecule has 3 heterocycles. The van der Waals surface area contributed by atoms with Gasteiger partial charge in [-0.1, -0.05) is 37.3 Å². The van der Waals surface area contributed by atoms with E-state index in [0.717, 1.165) is 56.2 Å². The van der Waals surface area contributed by atoms with E-state index in [4.69, 9.17) is 14.2 Å². The first-order valence-corrected chi connectivity index (χ1v) is 12.3. The van der Waals surface area contributed by atoms with Crippen LogP contribution in [0.1, 0.15) is 29.7 Å². The van der Waals surface area contributed by atoms with Crippen molar-refractivity contribution >= 4 is 12.0 Å². The first-order chi connectivity index (χ1) is 17.5. The van der Waals surface area contributed by atoms with E-state index in [0.29, 0.717) is 17.8 Å². The maximum atomic E-state index is 12.9. The Morgan fingerprint density at radius 2 is 1.64 bits per heavy atom. The van der Waals surface area contributed by atoms with Gasteiger partial charge in [-0.05, 0) is 35.2 Å². The Balaban J connectivity index is 1.27. The molecule has 2 aromatic carbocycles. The highest BCUT2D eigenvalue weighted by Gasteiger charge is 2.34. The highest BCUT2D eigenvalue weighted by atomic mass is 16.7. The van der Waals surface area contributed by atoms with Gasteiger partial charge in [-0.25, -0.2) is 9.59 Å². The smallest absolute Gasteiger partial charge is 0.338 e. The lowest BCUT2D eigenvalue weighted by atomic mass is 9.94. The molecule has 2 N–H and O–H groups in total. The minimum absolute atomic E-state index is 0.276. The van der Waals surface area contributed by atoms with Gasteiger partial charge in [0.1, 0.15) is 0 Å². The summed E-state index contributed by atoms with van der Waals surface area (Å²) < 4.78 is 16.0. The lowest BCUT2D eigenvalue weighted by Crippen LogP contribution is -2.51. The molecule has 0 aromatic heterocycles. The summed E-state index contributed by atoms with van der Waals surface area (Å²) >= 11 is 0. The number of nitrogens with one attached hydrogen (secondary N) is 2. The molecular weight excluding hydrogens is 460 g/mol. The molecule has 0 unspecified atom stereocenters. The molecule has 3 aliphatic rings. The summed E-state index contributed by atoms with van der Waals surface area (Å²) in [4.78, 5) is 30.1. The Morgan fingerprint density at radius 1 is 0.972 bits per heavy atom. The van der Waals surface area contributed by atoms with Gasteiger partial charge in [-0.3, -0.25) is 9.80 Å². The highest BCUT2D eigenvalue weighted by molar-refractivity contribution is 5.95. The SMILES string of the molecule is CCc1ccc([C@@H]2NC(=O)NC(CN3CCN(Cc4ccc5c(c4)OCO5)CC3)=C2C(=O)OC)cc1. The van der Waals surface area contributed by atoms with Gasteiger partial charge >= 0.3 is 12.0 Å². The molecule has 0 spiro atoms. The monoisotopic (exact) mass is 492 g/mol. The molecule has 9 heteroatoms. The number of carbonyl (C=O) groups is 2. The van der Waals surface area contributed by atoms with Crippen molar-refractivity contribution in [3.63, 3.8) is 0 Å². The van der Waals surface area contributed by atoms with Crippen molar-refractivity contribution in [2.24, 2.45) is 0 Å². The van der Waals surface area contributed by atoms with Crippen molar-refractivity contribution in [1.29, 1.82) is 0 Å². The van der Waals surface area contributed by atoms with Gasteiger partial charge in [0.05, 0.1) is 18.7 Å². The second-order valence-electron chi connectivity index (χ2n) is 9.25. The van der Waals surface area contributed by atoms with Crippen LogP contribution in [0.25, 0.3) is 0 Å². The molecule has 0 aliphatic carbocycles. The fourth-order valence-corrected chi connectivity index (χ4v) is 4.92. The number of hydrogen-bond donors (Lipinski definition) is 2. The van der Waals surface area contributed by atoms with Crippen LogP contribution in [0.2, 0.25) is 0 Å². The summed E-state index contributed by atoms with van der Waals surface area (Å²) in [6.45, 7) is 7.07. The zero-order valence-electron chi connectivity index (χ0n) is 20.7. The minimum atomic E-state index is -0.556. The Morgan fingerprint density at radius 3 is 2.33 bits per heavy atom.